The molecule has 1 N–H and O–H groups in total. The molecule has 0 saturated heterocycles. The molecule has 0 aliphatic rings. The fraction of sp³-hybridized carbons (Fsp3) is 0.333. The molecule has 7 nitrogen and oxygen atoms in total. The van der Waals surface area contributed by atoms with Crippen molar-refractivity contribution in [1.82, 2.24) is 14.9 Å². The summed E-state index contributed by atoms with van der Waals surface area (Å²) in [5.41, 5.74) is 3.11. The molecular formula is C27H32ClN5O2S. The molecule has 3 rings (SSSR count). The number of nitrogens with zero attached hydrogens (tertiary/aromatic N) is 4. The highest BCUT2D eigenvalue weighted by Gasteiger charge is 2.38. The second-order valence-corrected chi connectivity index (χ2v) is 10.7. The molecule has 2 aromatic carbocycles. The molecule has 0 unspecified atom stereocenters. The van der Waals surface area contributed by atoms with Crippen molar-refractivity contribution < 1.29 is 9.59 Å². The van der Waals surface area contributed by atoms with Gasteiger partial charge in [0.15, 0.2) is 5.16 Å². The Balaban J connectivity index is 1.82. The normalized spacial score (nSPS) is 11.2. The van der Waals surface area contributed by atoms with E-state index in [4.69, 9.17) is 11.6 Å². The molecule has 1 aromatic heterocycles. The molecule has 0 fully saturated rings. The van der Waals surface area contributed by atoms with Gasteiger partial charge in [-0.3, -0.25) is 9.59 Å². The summed E-state index contributed by atoms with van der Waals surface area (Å²) in [6, 6.07) is 16.7. The van der Waals surface area contributed by atoms with Crippen LogP contribution in [0.5, 0.6) is 0 Å². The minimum Gasteiger partial charge on any atom is -0.378 e. The van der Waals surface area contributed by atoms with E-state index in [-0.39, 0.29) is 24.1 Å². The summed E-state index contributed by atoms with van der Waals surface area (Å²) >= 11 is 7.31. The fourth-order valence-corrected chi connectivity index (χ4v) is 4.53. The van der Waals surface area contributed by atoms with E-state index in [1.54, 1.807) is 30.9 Å². The minimum absolute atomic E-state index is 0.102. The molecule has 0 atom stereocenters. The highest BCUT2D eigenvalue weighted by Crippen LogP contribution is 2.25. The first-order chi connectivity index (χ1) is 17.0. The van der Waals surface area contributed by atoms with Gasteiger partial charge in [0.05, 0.1) is 5.75 Å². The van der Waals surface area contributed by atoms with Crippen LogP contribution in [0.25, 0.3) is 0 Å². The molecule has 2 amide bonds. The number of amides is 2. The van der Waals surface area contributed by atoms with Crippen LogP contribution in [-0.2, 0) is 16.1 Å². The average Bonchev–Trinajstić information content (AvgIpc) is 2.81. The Morgan fingerprint density at radius 2 is 1.56 bits per heavy atom. The molecule has 0 aliphatic carbocycles. The molecule has 0 saturated carbocycles. The van der Waals surface area contributed by atoms with Gasteiger partial charge in [0.2, 0.25) is 11.8 Å². The summed E-state index contributed by atoms with van der Waals surface area (Å²) in [5, 5.41) is 4.11. The van der Waals surface area contributed by atoms with Crippen LogP contribution >= 0.6 is 23.4 Å². The number of anilines is 2. The van der Waals surface area contributed by atoms with Crippen molar-refractivity contribution in [3.63, 3.8) is 0 Å². The third-order valence-corrected chi connectivity index (χ3v) is 6.80. The van der Waals surface area contributed by atoms with Gasteiger partial charge in [-0.1, -0.05) is 35.5 Å². The Morgan fingerprint density at radius 1 is 0.972 bits per heavy atom. The lowest BCUT2D eigenvalue weighted by Gasteiger charge is -2.37. The van der Waals surface area contributed by atoms with E-state index in [9.17, 15) is 9.59 Å². The quantitative estimate of drug-likeness (QED) is 0.299. The highest BCUT2D eigenvalue weighted by atomic mass is 35.5. The monoisotopic (exact) mass is 525 g/mol. The number of carbonyl (C=O) groups is 2. The minimum atomic E-state index is -1.14. The maximum atomic E-state index is 13.5. The Labute approximate surface area is 222 Å². The summed E-state index contributed by atoms with van der Waals surface area (Å²) in [4.78, 5) is 39.4. The molecule has 9 heteroatoms. The van der Waals surface area contributed by atoms with Crippen molar-refractivity contribution in [3.8, 4) is 0 Å². The number of carbonyl (C=O) groups excluding carboxylic acids is 2. The van der Waals surface area contributed by atoms with Crippen molar-refractivity contribution >= 4 is 46.6 Å². The number of halogens is 1. The van der Waals surface area contributed by atoms with Gasteiger partial charge in [-0.15, -0.1) is 0 Å². The van der Waals surface area contributed by atoms with Crippen LogP contribution in [0.2, 0.25) is 5.02 Å². The Morgan fingerprint density at radius 3 is 2.11 bits per heavy atom. The summed E-state index contributed by atoms with van der Waals surface area (Å²) < 4.78 is 0. The summed E-state index contributed by atoms with van der Waals surface area (Å²) in [5.74, 6) is -0.374. The lowest BCUT2D eigenvalue weighted by Crippen LogP contribution is -2.55. The second-order valence-electron chi connectivity index (χ2n) is 9.28. The number of hydrogen-bond acceptors (Lipinski definition) is 6. The molecular weight excluding hydrogens is 494 g/mol. The number of aryl methyl sites for hydroxylation is 2. The SMILES string of the molecule is Cc1cc(C)nc(SCC(=O)N(Cc2ccc(Cl)cc2)C(C)(C)C(=O)Nc2ccc(N(C)C)cc2)n1. The summed E-state index contributed by atoms with van der Waals surface area (Å²) in [7, 11) is 3.91. The van der Waals surface area contributed by atoms with Crippen molar-refractivity contribution in [1.29, 1.82) is 0 Å². The van der Waals surface area contributed by atoms with Gasteiger partial charge in [0, 0.05) is 48.4 Å². The Bertz CT molecular complexity index is 1190. The largest absolute Gasteiger partial charge is 0.378 e. The van der Waals surface area contributed by atoms with Gasteiger partial charge in [0.1, 0.15) is 5.54 Å². The molecule has 0 spiro atoms. The van der Waals surface area contributed by atoms with Gasteiger partial charge in [-0.25, -0.2) is 9.97 Å². The zero-order chi connectivity index (χ0) is 26.5. The number of rotatable bonds is 9. The van der Waals surface area contributed by atoms with Gasteiger partial charge >= 0.3 is 0 Å². The number of aromatic nitrogens is 2. The number of nitrogens with one attached hydrogen (secondary N) is 1. The summed E-state index contributed by atoms with van der Waals surface area (Å²) in [6.45, 7) is 7.55. The predicted octanol–water partition coefficient (Wildman–Crippen LogP) is 5.35. The van der Waals surface area contributed by atoms with E-state index >= 15 is 0 Å². The zero-order valence-corrected chi connectivity index (χ0v) is 23.1. The molecule has 190 valence electrons. The first kappa shape index (κ1) is 27.5. The van der Waals surface area contributed by atoms with Gasteiger partial charge in [-0.2, -0.15) is 0 Å². The van der Waals surface area contributed by atoms with Crippen LogP contribution in [0.3, 0.4) is 0 Å². The van der Waals surface area contributed by atoms with E-state index in [2.05, 4.69) is 15.3 Å². The van der Waals surface area contributed by atoms with Crippen molar-refractivity contribution in [2.75, 3.05) is 30.1 Å². The molecule has 0 bridgehead atoms. The van der Waals surface area contributed by atoms with E-state index < -0.39 is 5.54 Å². The van der Waals surface area contributed by atoms with Crippen LogP contribution in [0.15, 0.2) is 59.8 Å². The third kappa shape index (κ3) is 7.21. The maximum absolute atomic E-state index is 13.5. The van der Waals surface area contributed by atoms with Gasteiger partial charge < -0.3 is 15.1 Å². The van der Waals surface area contributed by atoms with E-state index in [0.29, 0.717) is 15.9 Å². The topological polar surface area (TPSA) is 78.4 Å². The number of hydrogen-bond donors (Lipinski definition) is 1. The molecule has 1 heterocycles. The van der Waals surface area contributed by atoms with Crippen LogP contribution < -0.4 is 10.2 Å². The van der Waals surface area contributed by atoms with E-state index in [1.165, 1.54) is 11.8 Å². The van der Waals surface area contributed by atoms with Gasteiger partial charge in [0.25, 0.3) is 0 Å². The number of benzene rings is 2. The lowest BCUT2D eigenvalue weighted by molar-refractivity contribution is -0.142. The maximum Gasteiger partial charge on any atom is 0.249 e. The lowest BCUT2D eigenvalue weighted by atomic mass is 9.99. The Hall–Kier alpha value is -3.10. The molecule has 0 aliphatic heterocycles. The zero-order valence-electron chi connectivity index (χ0n) is 21.5. The number of thioether (sulfide) groups is 1. The van der Waals surface area contributed by atoms with Crippen LogP contribution in [0.4, 0.5) is 11.4 Å². The van der Waals surface area contributed by atoms with E-state index in [1.807, 2.05) is 75.3 Å². The smallest absolute Gasteiger partial charge is 0.249 e. The highest BCUT2D eigenvalue weighted by molar-refractivity contribution is 7.99. The molecule has 36 heavy (non-hydrogen) atoms. The van der Waals surface area contributed by atoms with E-state index in [0.717, 1.165) is 22.6 Å². The molecule has 0 radical (unpaired) electrons. The van der Waals surface area contributed by atoms with Crippen LogP contribution in [-0.4, -0.2) is 52.1 Å². The van der Waals surface area contributed by atoms with Crippen molar-refractivity contribution in [3.05, 3.63) is 76.6 Å². The van der Waals surface area contributed by atoms with Crippen LogP contribution in [0, 0.1) is 13.8 Å². The standard InChI is InChI=1S/C27H32ClN5O2S/c1-18-15-19(2)30-26(29-18)36-17-24(34)33(16-20-7-9-21(28)10-8-20)27(3,4)25(35)31-22-11-13-23(14-12-22)32(5)6/h7-15H,16-17H2,1-6H3,(H,31,35). The first-order valence-electron chi connectivity index (χ1n) is 11.5. The second kappa shape index (κ2) is 11.8. The first-order valence-corrected chi connectivity index (χ1v) is 12.9. The third-order valence-electron chi connectivity index (χ3n) is 5.71. The summed E-state index contributed by atoms with van der Waals surface area (Å²) in [6.07, 6.45) is 0. The Kier molecular flexibility index (Phi) is 8.98. The van der Waals surface area contributed by atoms with Crippen molar-refractivity contribution in [2.24, 2.45) is 0 Å². The van der Waals surface area contributed by atoms with Crippen LogP contribution in [0.1, 0.15) is 30.8 Å². The average molecular weight is 526 g/mol. The molecule has 3 aromatic rings. The van der Waals surface area contributed by atoms with Gasteiger partial charge in [-0.05, 0) is 75.7 Å². The fourth-order valence-electron chi connectivity index (χ4n) is 3.58. The van der Waals surface area contributed by atoms with Crippen molar-refractivity contribution in [2.45, 2.75) is 44.9 Å². The predicted molar refractivity (Wildman–Crippen MR) is 148 cm³/mol.